The van der Waals surface area contributed by atoms with Gasteiger partial charge in [0.2, 0.25) is 5.95 Å². The Hall–Kier alpha value is -1.90. The maximum atomic E-state index is 4.46. The normalized spacial score (nSPS) is 10.4. The molecule has 0 aliphatic carbocycles. The third-order valence-electron chi connectivity index (χ3n) is 2.89. The highest BCUT2D eigenvalue weighted by atomic mass is 15.2. The molecule has 3 heteroatoms. The molecule has 1 aromatic heterocycles. The van der Waals surface area contributed by atoms with Crippen LogP contribution in [-0.2, 0) is 6.42 Å². The number of hydrogen-bond donors (Lipinski definition) is 0. The molecule has 1 heterocycles. The molecule has 0 aliphatic heterocycles. The van der Waals surface area contributed by atoms with Crippen LogP contribution in [0.3, 0.4) is 0 Å². The minimum atomic E-state index is 0.809. The van der Waals surface area contributed by atoms with E-state index in [4.69, 9.17) is 0 Å². The summed E-state index contributed by atoms with van der Waals surface area (Å²) < 4.78 is 0. The zero-order valence-corrected chi connectivity index (χ0v) is 11.2. The van der Waals surface area contributed by atoms with Crippen LogP contribution in [0.4, 0.5) is 5.95 Å². The number of nitrogens with zero attached hydrogens (tertiary/aromatic N) is 3. The number of likely N-dealkylation sites (N-methyl/N-ethyl adjacent to an activating group) is 1. The van der Waals surface area contributed by atoms with E-state index in [1.54, 1.807) is 0 Å². The van der Waals surface area contributed by atoms with Crippen LogP contribution in [-0.4, -0.2) is 23.6 Å². The fraction of sp³-hybridized carbons (Fsp3) is 0.333. The predicted molar refractivity (Wildman–Crippen MR) is 74.9 cm³/mol. The van der Waals surface area contributed by atoms with Gasteiger partial charge in [0.1, 0.15) is 0 Å². The SMILES string of the molecule is Cc1cc(C)nc(N(C)CCc2ccccc2)n1. The highest BCUT2D eigenvalue weighted by Crippen LogP contribution is 2.09. The summed E-state index contributed by atoms with van der Waals surface area (Å²) >= 11 is 0. The Labute approximate surface area is 109 Å². The summed E-state index contributed by atoms with van der Waals surface area (Å²) in [5, 5.41) is 0. The molecule has 2 aromatic rings. The first-order valence-electron chi connectivity index (χ1n) is 6.22. The zero-order chi connectivity index (χ0) is 13.0. The fourth-order valence-corrected chi connectivity index (χ4v) is 1.92. The summed E-state index contributed by atoms with van der Waals surface area (Å²) in [4.78, 5) is 11.0. The number of hydrogen-bond acceptors (Lipinski definition) is 3. The predicted octanol–water partition coefficient (Wildman–Crippen LogP) is 2.77. The number of anilines is 1. The second kappa shape index (κ2) is 5.63. The van der Waals surface area contributed by atoms with E-state index in [0.29, 0.717) is 0 Å². The van der Waals surface area contributed by atoms with Gasteiger partial charge in [0.15, 0.2) is 0 Å². The Kier molecular flexibility index (Phi) is 3.92. The van der Waals surface area contributed by atoms with Crippen LogP contribution in [0.15, 0.2) is 36.4 Å². The molecule has 0 radical (unpaired) electrons. The van der Waals surface area contributed by atoms with Crippen molar-refractivity contribution >= 4 is 5.95 Å². The minimum Gasteiger partial charge on any atom is -0.344 e. The summed E-state index contributed by atoms with van der Waals surface area (Å²) in [7, 11) is 2.04. The molecule has 0 amide bonds. The van der Waals surface area contributed by atoms with Crippen LogP contribution in [0.25, 0.3) is 0 Å². The molecule has 2 rings (SSSR count). The van der Waals surface area contributed by atoms with Gasteiger partial charge in [-0.3, -0.25) is 0 Å². The lowest BCUT2D eigenvalue weighted by Crippen LogP contribution is -2.23. The average molecular weight is 241 g/mol. The van der Waals surface area contributed by atoms with E-state index in [-0.39, 0.29) is 0 Å². The van der Waals surface area contributed by atoms with Crippen LogP contribution in [0, 0.1) is 13.8 Å². The molecule has 0 bridgehead atoms. The molecule has 3 nitrogen and oxygen atoms in total. The Morgan fingerprint density at radius 2 is 1.61 bits per heavy atom. The van der Waals surface area contributed by atoms with Crippen molar-refractivity contribution in [2.45, 2.75) is 20.3 Å². The molecular weight excluding hydrogens is 222 g/mol. The second-order valence-corrected chi connectivity index (χ2v) is 4.61. The zero-order valence-electron chi connectivity index (χ0n) is 11.2. The molecule has 0 aliphatic rings. The van der Waals surface area contributed by atoms with E-state index in [9.17, 15) is 0 Å². The van der Waals surface area contributed by atoms with Gasteiger partial charge in [0.05, 0.1) is 0 Å². The van der Waals surface area contributed by atoms with E-state index in [1.807, 2.05) is 33.0 Å². The van der Waals surface area contributed by atoms with Crippen LogP contribution in [0.1, 0.15) is 17.0 Å². The maximum Gasteiger partial charge on any atom is 0.225 e. The first kappa shape index (κ1) is 12.6. The number of rotatable bonds is 4. The van der Waals surface area contributed by atoms with Gasteiger partial charge in [0, 0.05) is 25.0 Å². The Balaban J connectivity index is 2.01. The van der Waals surface area contributed by atoms with Crippen molar-refractivity contribution in [3.63, 3.8) is 0 Å². The Bertz CT molecular complexity index is 488. The fourth-order valence-electron chi connectivity index (χ4n) is 1.92. The largest absolute Gasteiger partial charge is 0.344 e. The van der Waals surface area contributed by atoms with Crippen molar-refractivity contribution in [1.29, 1.82) is 0 Å². The summed E-state index contributed by atoms with van der Waals surface area (Å²) in [5.74, 6) is 0.809. The van der Waals surface area contributed by atoms with Crippen LogP contribution in [0.2, 0.25) is 0 Å². The number of aryl methyl sites for hydroxylation is 2. The smallest absolute Gasteiger partial charge is 0.225 e. The highest BCUT2D eigenvalue weighted by molar-refractivity contribution is 5.31. The Morgan fingerprint density at radius 1 is 1.00 bits per heavy atom. The summed E-state index contributed by atoms with van der Waals surface area (Å²) in [6.07, 6.45) is 1.01. The van der Waals surface area contributed by atoms with Crippen LogP contribution >= 0.6 is 0 Å². The number of benzene rings is 1. The quantitative estimate of drug-likeness (QED) is 0.824. The van der Waals surface area contributed by atoms with Crippen molar-refractivity contribution in [1.82, 2.24) is 9.97 Å². The van der Waals surface area contributed by atoms with Crippen molar-refractivity contribution in [2.75, 3.05) is 18.5 Å². The molecule has 0 spiro atoms. The third-order valence-corrected chi connectivity index (χ3v) is 2.89. The molecule has 0 unspecified atom stereocenters. The molecule has 94 valence electrons. The highest BCUT2D eigenvalue weighted by Gasteiger charge is 2.05. The van der Waals surface area contributed by atoms with E-state index >= 15 is 0 Å². The topological polar surface area (TPSA) is 29.0 Å². The lowest BCUT2D eigenvalue weighted by molar-refractivity contribution is 0.827. The first-order chi connectivity index (χ1) is 8.65. The minimum absolute atomic E-state index is 0.809. The maximum absolute atomic E-state index is 4.46. The summed E-state index contributed by atoms with van der Waals surface area (Å²) in [6, 6.07) is 12.5. The van der Waals surface area contributed by atoms with E-state index in [2.05, 4.69) is 39.1 Å². The molecule has 1 aromatic carbocycles. The monoisotopic (exact) mass is 241 g/mol. The first-order valence-corrected chi connectivity index (χ1v) is 6.22. The van der Waals surface area contributed by atoms with Crippen LogP contribution in [0.5, 0.6) is 0 Å². The lowest BCUT2D eigenvalue weighted by atomic mass is 10.1. The van der Waals surface area contributed by atoms with Gasteiger partial charge in [-0.25, -0.2) is 9.97 Å². The molecular formula is C15H19N3. The van der Waals surface area contributed by atoms with Gasteiger partial charge in [-0.2, -0.15) is 0 Å². The standard InChI is InChI=1S/C15H19N3/c1-12-11-13(2)17-15(16-12)18(3)10-9-14-7-5-4-6-8-14/h4-8,11H,9-10H2,1-3H3. The van der Waals surface area contributed by atoms with Crippen molar-refractivity contribution in [3.05, 3.63) is 53.3 Å². The molecule has 0 fully saturated rings. The van der Waals surface area contributed by atoms with E-state index in [0.717, 1.165) is 30.3 Å². The second-order valence-electron chi connectivity index (χ2n) is 4.61. The van der Waals surface area contributed by atoms with Gasteiger partial charge in [-0.15, -0.1) is 0 Å². The van der Waals surface area contributed by atoms with Crippen molar-refractivity contribution < 1.29 is 0 Å². The lowest BCUT2D eigenvalue weighted by Gasteiger charge is -2.17. The Morgan fingerprint density at radius 3 is 2.22 bits per heavy atom. The molecule has 0 saturated heterocycles. The van der Waals surface area contributed by atoms with Gasteiger partial charge in [0.25, 0.3) is 0 Å². The van der Waals surface area contributed by atoms with Gasteiger partial charge >= 0.3 is 0 Å². The van der Waals surface area contributed by atoms with E-state index in [1.165, 1.54) is 5.56 Å². The van der Waals surface area contributed by atoms with Crippen molar-refractivity contribution in [2.24, 2.45) is 0 Å². The average Bonchev–Trinajstić information content (AvgIpc) is 2.36. The van der Waals surface area contributed by atoms with Crippen LogP contribution < -0.4 is 4.90 Å². The third kappa shape index (κ3) is 3.29. The number of aromatic nitrogens is 2. The van der Waals surface area contributed by atoms with Gasteiger partial charge in [-0.1, -0.05) is 30.3 Å². The molecule has 0 N–H and O–H groups in total. The summed E-state index contributed by atoms with van der Waals surface area (Å²) in [6.45, 7) is 4.93. The molecule has 0 saturated carbocycles. The molecule has 18 heavy (non-hydrogen) atoms. The summed E-state index contributed by atoms with van der Waals surface area (Å²) in [5.41, 5.74) is 3.38. The molecule has 0 atom stereocenters. The van der Waals surface area contributed by atoms with E-state index < -0.39 is 0 Å². The van der Waals surface area contributed by atoms with Gasteiger partial charge in [-0.05, 0) is 31.9 Å². The van der Waals surface area contributed by atoms with Gasteiger partial charge < -0.3 is 4.90 Å². The van der Waals surface area contributed by atoms with Crippen molar-refractivity contribution in [3.8, 4) is 0 Å².